The summed E-state index contributed by atoms with van der Waals surface area (Å²) in [5.41, 5.74) is 5.60. The van der Waals surface area contributed by atoms with E-state index in [0.717, 1.165) is 5.69 Å². The van der Waals surface area contributed by atoms with Gasteiger partial charge >= 0.3 is 0 Å². The second-order valence-electron chi connectivity index (χ2n) is 6.40. The van der Waals surface area contributed by atoms with Gasteiger partial charge in [-0.15, -0.1) is 9.39 Å². The van der Waals surface area contributed by atoms with Crippen LogP contribution in [0.25, 0.3) is 0 Å². The molecule has 0 bridgehead atoms. The molecule has 0 heterocycles. The molecular formula is C21H25F4N3OS. The number of hydrogen-bond donors (Lipinski definition) is 2. The van der Waals surface area contributed by atoms with Gasteiger partial charge in [-0.3, -0.25) is 4.79 Å². The Hall–Kier alpha value is -2.78. The Kier molecular flexibility index (Phi) is 9.61. The highest BCUT2D eigenvalue weighted by molar-refractivity contribution is 8.28. The Morgan fingerprint density at radius 2 is 1.77 bits per heavy atom. The molecule has 2 aromatic rings. The molecule has 2 aromatic carbocycles. The Bertz CT molecular complexity index is 961. The minimum atomic E-state index is -2.50. The van der Waals surface area contributed by atoms with Crippen molar-refractivity contribution < 1.29 is 22.4 Å². The van der Waals surface area contributed by atoms with E-state index >= 15 is 0 Å². The molecule has 0 unspecified atom stereocenters. The van der Waals surface area contributed by atoms with Gasteiger partial charge in [0.2, 0.25) is 0 Å². The summed E-state index contributed by atoms with van der Waals surface area (Å²) < 4.78 is 51.9. The maximum Gasteiger partial charge on any atom is 0.278 e. The summed E-state index contributed by atoms with van der Waals surface area (Å²) in [4.78, 5) is 10.7. The van der Waals surface area contributed by atoms with Crippen molar-refractivity contribution in [3.05, 3.63) is 77.5 Å². The zero-order valence-corrected chi connectivity index (χ0v) is 17.6. The monoisotopic (exact) mass is 443 g/mol. The molecule has 0 radical (unpaired) electrons. The van der Waals surface area contributed by atoms with Crippen molar-refractivity contribution in [2.45, 2.75) is 13.0 Å². The fourth-order valence-electron chi connectivity index (χ4n) is 2.24. The molecule has 4 nitrogen and oxygen atoms in total. The van der Waals surface area contributed by atoms with Crippen LogP contribution in [0.2, 0.25) is 0 Å². The Labute approximate surface area is 174 Å². The number of allylic oxidation sites excluding steroid dienone is 1. The van der Waals surface area contributed by atoms with Crippen molar-refractivity contribution in [3.8, 4) is 0 Å². The Morgan fingerprint density at radius 3 is 2.17 bits per heavy atom. The second kappa shape index (κ2) is 11.4. The number of carbonyl (C=O) groups excluding carboxylic acids is 1. The number of alkyl halides is 2. The van der Waals surface area contributed by atoms with Gasteiger partial charge in [0, 0.05) is 23.9 Å². The van der Waals surface area contributed by atoms with E-state index in [1.165, 1.54) is 25.2 Å². The average molecular weight is 444 g/mol. The molecule has 9 heteroatoms. The third kappa shape index (κ3) is 7.92. The molecule has 0 atom stereocenters. The van der Waals surface area contributed by atoms with E-state index in [2.05, 4.69) is 29.2 Å². The minimum Gasteiger partial charge on any atom is -0.324 e. The molecule has 2 N–H and O–H groups in total. The van der Waals surface area contributed by atoms with Gasteiger partial charge in [-0.2, -0.15) is 0 Å². The standard InChI is InChI=1S/C17H17F2NOS.C4H8F2N2/c1-22(2,3)20(16-8-6-15(18)7-9-16)11-14-5-4-13(12-21)10-17(14)19;1-3(4(5)6)8-7-2/h4-10,12H,1-2,11H2,3H3;4,7-8H,1H2,2H3. The number of nitrogens with one attached hydrogen (secondary N) is 2. The van der Waals surface area contributed by atoms with Crippen molar-refractivity contribution in [3.63, 3.8) is 0 Å². The molecule has 0 spiro atoms. The second-order valence-corrected chi connectivity index (χ2v) is 9.29. The first-order valence-electron chi connectivity index (χ1n) is 8.60. The van der Waals surface area contributed by atoms with Gasteiger partial charge in [0.15, 0.2) is 0 Å². The summed E-state index contributed by atoms with van der Waals surface area (Å²) >= 11 is 0. The van der Waals surface area contributed by atoms with Gasteiger partial charge in [0.05, 0.1) is 12.2 Å². The predicted molar refractivity (Wildman–Crippen MR) is 119 cm³/mol. The summed E-state index contributed by atoms with van der Waals surface area (Å²) in [5.74, 6) is 7.31. The summed E-state index contributed by atoms with van der Waals surface area (Å²) in [6.07, 6.45) is -0.0287. The summed E-state index contributed by atoms with van der Waals surface area (Å²) in [7, 11) is -0.193. The smallest absolute Gasteiger partial charge is 0.278 e. The fourth-order valence-corrected chi connectivity index (χ4v) is 3.33. The molecule has 164 valence electrons. The number of carbonyl (C=O) groups is 1. The van der Waals surface area contributed by atoms with Crippen LogP contribution in [-0.4, -0.2) is 37.8 Å². The first-order valence-corrected chi connectivity index (χ1v) is 10.9. The van der Waals surface area contributed by atoms with Crippen LogP contribution in [0, 0.1) is 11.6 Å². The lowest BCUT2D eigenvalue weighted by Gasteiger charge is -2.30. The summed E-state index contributed by atoms with van der Waals surface area (Å²) in [5, 5.41) is 0. The largest absolute Gasteiger partial charge is 0.324 e. The molecule has 0 saturated heterocycles. The number of nitrogens with zero attached hydrogens (tertiary/aromatic N) is 1. The van der Waals surface area contributed by atoms with Gasteiger partial charge < -0.3 is 9.73 Å². The van der Waals surface area contributed by atoms with E-state index in [0.29, 0.717) is 11.8 Å². The van der Waals surface area contributed by atoms with Gasteiger partial charge in [0.1, 0.15) is 17.9 Å². The van der Waals surface area contributed by atoms with Crippen molar-refractivity contribution in [1.29, 1.82) is 0 Å². The van der Waals surface area contributed by atoms with E-state index in [-0.39, 0.29) is 23.6 Å². The number of halogens is 4. The average Bonchev–Trinajstić information content (AvgIpc) is 2.67. The molecule has 30 heavy (non-hydrogen) atoms. The molecule has 0 aliphatic heterocycles. The lowest BCUT2D eigenvalue weighted by atomic mass is 10.1. The first-order chi connectivity index (χ1) is 14.0. The number of hydrazine groups is 1. The zero-order valence-electron chi connectivity index (χ0n) is 16.8. The van der Waals surface area contributed by atoms with Gasteiger partial charge in [0.25, 0.3) is 6.43 Å². The Balaban J connectivity index is 0.000000479. The van der Waals surface area contributed by atoms with E-state index in [1.807, 2.05) is 10.6 Å². The van der Waals surface area contributed by atoms with Crippen molar-refractivity contribution in [2.24, 2.45) is 0 Å². The third-order valence-electron chi connectivity index (χ3n) is 3.72. The summed E-state index contributed by atoms with van der Waals surface area (Å²) in [6.45, 7) is 3.27. The molecule has 0 fully saturated rings. The molecule has 0 amide bonds. The van der Waals surface area contributed by atoms with Crippen molar-refractivity contribution in [2.75, 3.05) is 17.6 Å². The van der Waals surface area contributed by atoms with E-state index in [4.69, 9.17) is 0 Å². The van der Waals surface area contributed by atoms with Crippen LogP contribution in [0.5, 0.6) is 0 Å². The predicted octanol–water partition coefficient (Wildman–Crippen LogP) is 4.49. The van der Waals surface area contributed by atoms with E-state index in [9.17, 15) is 22.4 Å². The van der Waals surface area contributed by atoms with Crippen molar-refractivity contribution in [1.82, 2.24) is 10.9 Å². The highest BCUT2D eigenvalue weighted by atomic mass is 32.2. The van der Waals surface area contributed by atoms with E-state index in [1.54, 1.807) is 24.3 Å². The van der Waals surface area contributed by atoms with Crippen LogP contribution in [-0.2, 0) is 6.54 Å². The number of hydrogen-bond acceptors (Lipinski definition) is 4. The minimum absolute atomic E-state index is 0.245. The van der Waals surface area contributed by atoms with Crippen LogP contribution < -0.4 is 15.2 Å². The third-order valence-corrected chi connectivity index (χ3v) is 5.13. The quantitative estimate of drug-likeness (QED) is 0.273. The first kappa shape index (κ1) is 25.3. The molecular weight excluding hydrogens is 418 g/mol. The number of benzene rings is 2. The van der Waals surface area contributed by atoms with Crippen molar-refractivity contribution >= 4 is 33.1 Å². The maximum atomic E-state index is 14.1. The molecule has 0 aliphatic carbocycles. The lowest BCUT2D eigenvalue weighted by Crippen LogP contribution is -2.29. The van der Waals surface area contributed by atoms with Gasteiger partial charge in [-0.05, 0) is 36.6 Å². The number of anilines is 1. The van der Waals surface area contributed by atoms with Crippen LogP contribution >= 0.6 is 9.39 Å². The van der Waals surface area contributed by atoms with Gasteiger partial charge in [-0.25, -0.2) is 23.0 Å². The molecule has 0 saturated carbocycles. The zero-order chi connectivity index (χ0) is 22.9. The Morgan fingerprint density at radius 1 is 1.17 bits per heavy atom. The molecule has 0 aromatic heterocycles. The maximum absolute atomic E-state index is 14.1. The molecule has 0 aliphatic rings. The normalized spacial score (nSPS) is 10.8. The van der Waals surface area contributed by atoms with Crippen LogP contribution in [0.4, 0.5) is 23.2 Å². The van der Waals surface area contributed by atoms with Crippen LogP contribution in [0.15, 0.2) is 54.7 Å². The number of rotatable bonds is 8. The highest BCUT2D eigenvalue weighted by Gasteiger charge is 2.13. The lowest BCUT2D eigenvalue weighted by molar-refractivity contribution is 0.112. The number of aldehydes is 1. The summed E-state index contributed by atoms with van der Waals surface area (Å²) in [6, 6.07) is 10.3. The van der Waals surface area contributed by atoms with Gasteiger partial charge in [-0.1, -0.05) is 30.5 Å². The molecule has 2 rings (SSSR count). The highest BCUT2D eigenvalue weighted by Crippen LogP contribution is 2.32. The SMILES string of the molecule is C=C(NNC)C(F)F.C=S(=C)(C)N(Cc1ccc(C=O)cc1F)c1ccc(F)cc1. The topological polar surface area (TPSA) is 44.4 Å². The van der Waals surface area contributed by atoms with Crippen LogP contribution in [0.3, 0.4) is 0 Å². The van der Waals surface area contributed by atoms with Crippen LogP contribution in [0.1, 0.15) is 15.9 Å². The fraction of sp³-hybridized carbons (Fsp3) is 0.190. The van der Waals surface area contributed by atoms with E-state index < -0.39 is 21.6 Å².